The van der Waals surface area contributed by atoms with Crippen LogP contribution in [0.1, 0.15) is 17.9 Å². The molecule has 1 aliphatic heterocycles. The minimum atomic E-state index is -3.76. The topological polar surface area (TPSA) is 99.0 Å². The molecular weight excluding hydrogens is 404 g/mol. The first-order valence-corrected chi connectivity index (χ1v) is 11.1. The van der Waals surface area contributed by atoms with E-state index in [1.807, 2.05) is 6.92 Å². The largest absolute Gasteiger partial charge is 0.494 e. The quantitative estimate of drug-likeness (QED) is 0.496. The number of hydrogen-bond donors (Lipinski definition) is 0. The normalized spacial score (nSPS) is 17.4. The number of thioether (sulfide) groups is 1. The predicted octanol–water partition coefficient (Wildman–Crippen LogP) is 3.44. The highest BCUT2D eigenvalue weighted by Crippen LogP contribution is 2.43. The third-order valence-electron chi connectivity index (χ3n) is 4.28. The molecule has 0 unspecified atom stereocenters. The molecule has 8 nitrogen and oxygen atoms in total. The van der Waals surface area contributed by atoms with Crippen LogP contribution in [0.15, 0.2) is 47.4 Å². The molecule has 1 heterocycles. The number of hydrogen-bond acceptors (Lipinski definition) is 7. The van der Waals surface area contributed by atoms with Crippen LogP contribution in [0.25, 0.3) is 0 Å². The molecular formula is C18H20N2O6S2. The number of nitro benzene ring substituents is 1. The zero-order valence-electron chi connectivity index (χ0n) is 15.4. The van der Waals surface area contributed by atoms with Gasteiger partial charge in [0, 0.05) is 18.4 Å². The Morgan fingerprint density at radius 3 is 2.57 bits per heavy atom. The summed E-state index contributed by atoms with van der Waals surface area (Å²) in [4.78, 5) is 10.9. The standard InChI is InChI=1S/C18H20N2O6S2/c1-3-26-14-5-7-15(8-6-14)28(23,24)19-10-11-27-18(19)13-4-9-17(25-2)16(12-13)20(21)22/h4-9,12,18H,3,10-11H2,1-2H3/t18-/m0/s1. The minimum Gasteiger partial charge on any atom is -0.494 e. The summed E-state index contributed by atoms with van der Waals surface area (Å²) in [7, 11) is -2.40. The maximum Gasteiger partial charge on any atom is 0.311 e. The molecule has 0 amide bonds. The van der Waals surface area contributed by atoms with Crippen molar-refractivity contribution in [3.63, 3.8) is 0 Å². The lowest BCUT2D eigenvalue weighted by Gasteiger charge is -2.23. The van der Waals surface area contributed by atoms with E-state index in [1.165, 1.54) is 47.4 Å². The summed E-state index contributed by atoms with van der Waals surface area (Å²) in [5.41, 5.74) is 0.357. The maximum atomic E-state index is 13.1. The molecule has 1 atom stereocenters. The first kappa shape index (κ1) is 20.4. The molecule has 0 saturated carbocycles. The average Bonchev–Trinajstić information content (AvgIpc) is 3.19. The molecule has 10 heteroatoms. The van der Waals surface area contributed by atoms with Gasteiger partial charge in [-0.2, -0.15) is 4.31 Å². The summed E-state index contributed by atoms with van der Waals surface area (Å²) in [5.74, 6) is 1.33. The van der Waals surface area contributed by atoms with E-state index in [2.05, 4.69) is 0 Å². The molecule has 2 aromatic carbocycles. The van der Waals surface area contributed by atoms with Crippen LogP contribution in [0, 0.1) is 10.1 Å². The predicted molar refractivity (Wildman–Crippen MR) is 106 cm³/mol. The van der Waals surface area contributed by atoms with Gasteiger partial charge in [0.25, 0.3) is 0 Å². The van der Waals surface area contributed by atoms with Gasteiger partial charge in [-0.25, -0.2) is 8.42 Å². The molecule has 0 radical (unpaired) electrons. The first-order valence-electron chi connectivity index (χ1n) is 8.57. The minimum absolute atomic E-state index is 0.137. The van der Waals surface area contributed by atoms with Gasteiger partial charge in [0.2, 0.25) is 10.0 Å². The summed E-state index contributed by atoms with van der Waals surface area (Å²) in [6.45, 7) is 2.67. The van der Waals surface area contributed by atoms with Crippen molar-refractivity contribution in [1.82, 2.24) is 4.31 Å². The zero-order valence-corrected chi connectivity index (χ0v) is 17.0. The van der Waals surface area contributed by atoms with Gasteiger partial charge in [-0.15, -0.1) is 11.8 Å². The number of methoxy groups -OCH3 is 1. The summed E-state index contributed by atoms with van der Waals surface area (Å²) in [6.07, 6.45) is 0. The molecule has 0 spiro atoms. The van der Waals surface area contributed by atoms with Crippen LogP contribution >= 0.6 is 11.8 Å². The first-order chi connectivity index (χ1) is 13.4. The van der Waals surface area contributed by atoms with E-state index in [1.54, 1.807) is 18.2 Å². The second-order valence-electron chi connectivity index (χ2n) is 5.93. The van der Waals surface area contributed by atoms with Gasteiger partial charge in [0.15, 0.2) is 5.75 Å². The molecule has 0 N–H and O–H groups in total. The fraction of sp³-hybridized carbons (Fsp3) is 0.333. The Hall–Kier alpha value is -2.30. The van der Waals surface area contributed by atoms with Crippen molar-refractivity contribution in [2.45, 2.75) is 17.2 Å². The zero-order chi connectivity index (χ0) is 20.3. The van der Waals surface area contributed by atoms with E-state index < -0.39 is 20.3 Å². The van der Waals surface area contributed by atoms with E-state index in [4.69, 9.17) is 9.47 Å². The summed E-state index contributed by atoms with van der Waals surface area (Å²) in [5, 5.41) is 10.8. The fourth-order valence-electron chi connectivity index (χ4n) is 2.98. The molecule has 1 saturated heterocycles. The van der Waals surface area contributed by atoms with E-state index in [-0.39, 0.29) is 16.3 Å². The van der Waals surface area contributed by atoms with Crippen molar-refractivity contribution in [2.24, 2.45) is 0 Å². The van der Waals surface area contributed by atoms with Gasteiger partial charge in [-0.05, 0) is 42.8 Å². The van der Waals surface area contributed by atoms with Crippen LogP contribution in [-0.4, -0.2) is 43.7 Å². The monoisotopic (exact) mass is 424 g/mol. The second kappa shape index (κ2) is 8.38. The highest BCUT2D eigenvalue weighted by atomic mass is 32.2. The molecule has 0 bridgehead atoms. The Labute approximate surface area is 167 Å². The van der Waals surface area contributed by atoms with Crippen LogP contribution in [0.3, 0.4) is 0 Å². The van der Waals surface area contributed by atoms with Gasteiger partial charge in [0.1, 0.15) is 5.75 Å². The van der Waals surface area contributed by atoms with Gasteiger partial charge in [-0.3, -0.25) is 10.1 Å². The van der Waals surface area contributed by atoms with Gasteiger partial charge in [-0.1, -0.05) is 6.07 Å². The fourth-order valence-corrected chi connectivity index (χ4v) is 6.21. The summed E-state index contributed by atoms with van der Waals surface area (Å²) < 4.78 is 38.0. The van der Waals surface area contributed by atoms with E-state index in [9.17, 15) is 18.5 Å². The van der Waals surface area contributed by atoms with E-state index in [0.29, 0.717) is 30.2 Å². The Bertz CT molecular complexity index is 963. The number of nitro groups is 1. The van der Waals surface area contributed by atoms with Crippen LogP contribution in [0.5, 0.6) is 11.5 Å². The lowest BCUT2D eigenvalue weighted by Crippen LogP contribution is -2.30. The van der Waals surface area contributed by atoms with Crippen molar-refractivity contribution < 1.29 is 22.8 Å². The Morgan fingerprint density at radius 1 is 1.25 bits per heavy atom. The molecule has 2 aromatic rings. The van der Waals surface area contributed by atoms with Gasteiger partial charge < -0.3 is 9.47 Å². The molecule has 1 fully saturated rings. The summed E-state index contributed by atoms with van der Waals surface area (Å²) in [6, 6.07) is 10.8. The summed E-state index contributed by atoms with van der Waals surface area (Å²) >= 11 is 1.43. The number of benzene rings is 2. The molecule has 0 aromatic heterocycles. The van der Waals surface area contributed by atoms with Crippen molar-refractivity contribution in [2.75, 3.05) is 26.0 Å². The highest BCUT2D eigenvalue weighted by Gasteiger charge is 2.37. The molecule has 28 heavy (non-hydrogen) atoms. The number of nitrogens with zero attached hydrogens (tertiary/aromatic N) is 2. The van der Waals surface area contributed by atoms with Crippen molar-refractivity contribution in [3.05, 3.63) is 58.1 Å². The number of ether oxygens (including phenoxy) is 2. The molecule has 0 aliphatic carbocycles. The molecule has 3 rings (SSSR count). The third-order valence-corrected chi connectivity index (χ3v) is 7.55. The lowest BCUT2D eigenvalue weighted by molar-refractivity contribution is -0.385. The van der Waals surface area contributed by atoms with Crippen LogP contribution < -0.4 is 9.47 Å². The van der Waals surface area contributed by atoms with E-state index in [0.717, 1.165) is 0 Å². The SMILES string of the molecule is CCOc1ccc(S(=O)(=O)N2CCS[C@H]2c2ccc(OC)c([N+](=O)[O-])c2)cc1. The lowest BCUT2D eigenvalue weighted by atomic mass is 10.2. The number of sulfonamides is 1. The maximum absolute atomic E-state index is 13.1. The highest BCUT2D eigenvalue weighted by molar-refractivity contribution is 8.01. The van der Waals surface area contributed by atoms with Gasteiger partial charge in [0.05, 0.1) is 28.9 Å². The Morgan fingerprint density at radius 2 is 1.96 bits per heavy atom. The average molecular weight is 425 g/mol. The number of rotatable bonds is 7. The van der Waals surface area contributed by atoms with Crippen molar-refractivity contribution in [1.29, 1.82) is 0 Å². The van der Waals surface area contributed by atoms with Gasteiger partial charge >= 0.3 is 5.69 Å². The van der Waals surface area contributed by atoms with Crippen LogP contribution in [-0.2, 0) is 10.0 Å². The van der Waals surface area contributed by atoms with E-state index >= 15 is 0 Å². The van der Waals surface area contributed by atoms with Crippen molar-refractivity contribution >= 4 is 27.5 Å². The molecule has 1 aliphatic rings. The second-order valence-corrected chi connectivity index (χ2v) is 9.01. The third kappa shape index (κ3) is 3.94. The van der Waals surface area contributed by atoms with Crippen LogP contribution in [0.4, 0.5) is 5.69 Å². The molecule has 150 valence electrons. The van der Waals surface area contributed by atoms with Crippen LogP contribution in [0.2, 0.25) is 0 Å². The smallest absolute Gasteiger partial charge is 0.311 e. The Kier molecular flexibility index (Phi) is 6.11. The van der Waals surface area contributed by atoms with Crippen molar-refractivity contribution in [3.8, 4) is 11.5 Å². The Balaban J connectivity index is 1.94.